The Morgan fingerprint density at radius 1 is 1.12 bits per heavy atom. The van der Waals surface area contributed by atoms with Crippen molar-refractivity contribution in [3.05, 3.63) is 73.7 Å². The van der Waals surface area contributed by atoms with Gasteiger partial charge in [0.2, 0.25) is 0 Å². The predicted octanol–water partition coefficient (Wildman–Crippen LogP) is 2.29. The predicted molar refractivity (Wildman–Crippen MR) is 97.1 cm³/mol. The molecule has 0 atom stereocenters. The first kappa shape index (κ1) is 17.1. The molecule has 0 fully saturated rings. The van der Waals surface area contributed by atoms with Crippen LogP contribution >= 0.6 is 0 Å². The molecule has 7 nitrogen and oxygen atoms in total. The first-order chi connectivity index (χ1) is 11.9. The van der Waals surface area contributed by atoms with E-state index in [0.717, 1.165) is 4.74 Å². The minimum atomic E-state index is -0.564. The van der Waals surface area contributed by atoms with Crippen LogP contribution < -0.4 is 5.56 Å². The summed E-state index contributed by atoms with van der Waals surface area (Å²) in [5.74, 6) is 0. The van der Waals surface area contributed by atoms with Crippen LogP contribution in [0.1, 0.15) is 19.4 Å². The van der Waals surface area contributed by atoms with E-state index in [1.807, 2.05) is 0 Å². The molecule has 8 heteroatoms. The number of non-ortho nitro benzene ring substituents is 1. The Morgan fingerprint density at radius 3 is 2.52 bits per heavy atom. The number of hydrogen-bond acceptors (Lipinski definition) is 4. The SMILES string of the molecule is CC(C)[N+]([O-])=Cc1ccccc1-n1[se]c2c([N+](=O)[O-])cccc2c1=O. The van der Waals surface area contributed by atoms with Gasteiger partial charge in [0.25, 0.3) is 0 Å². The van der Waals surface area contributed by atoms with Gasteiger partial charge in [0.05, 0.1) is 0 Å². The maximum atomic E-state index is 12.8. The maximum absolute atomic E-state index is 12.8. The van der Waals surface area contributed by atoms with E-state index >= 15 is 0 Å². The zero-order valence-corrected chi connectivity index (χ0v) is 15.3. The molecule has 0 amide bonds. The van der Waals surface area contributed by atoms with E-state index in [9.17, 15) is 20.1 Å². The minimum absolute atomic E-state index is 0.0394. The Kier molecular flexibility index (Phi) is 4.56. The molecule has 0 radical (unpaired) electrons. The van der Waals surface area contributed by atoms with Gasteiger partial charge < -0.3 is 0 Å². The molecule has 0 aliphatic rings. The second-order valence-corrected chi connectivity index (χ2v) is 7.75. The van der Waals surface area contributed by atoms with Crippen molar-refractivity contribution in [3.8, 4) is 5.69 Å². The van der Waals surface area contributed by atoms with Crippen molar-refractivity contribution in [2.75, 3.05) is 0 Å². The van der Waals surface area contributed by atoms with Crippen molar-refractivity contribution in [3.63, 3.8) is 0 Å². The van der Waals surface area contributed by atoms with Gasteiger partial charge in [-0.3, -0.25) is 0 Å². The summed E-state index contributed by atoms with van der Waals surface area (Å²) in [5, 5.41) is 23.6. The third-order valence-corrected chi connectivity index (χ3v) is 6.15. The summed E-state index contributed by atoms with van der Waals surface area (Å²) >= 11 is -0.564. The number of nitro benzene ring substituents is 1. The molecule has 3 rings (SSSR count). The van der Waals surface area contributed by atoms with Gasteiger partial charge in [0.15, 0.2) is 0 Å². The Labute approximate surface area is 149 Å². The van der Waals surface area contributed by atoms with Crippen LogP contribution in [-0.4, -0.2) is 40.2 Å². The molecule has 0 aliphatic heterocycles. The normalized spacial score (nSPS) is 12.0. The average molecular weight is 404 g/mol. The summed E-state index contributed by atoms with van der Waals surface area (Å²) in [7, 11) is 0. The Hall–Kier alpha value is -2.70. The van der Waals surface area contributed by atoms with Crippen molar-refractivity contribution in [2.24, 2.45) is 0 Å². The molecule has 0 N–H and O–H groups in total. The monoisotopic (exact) mass is 405 g/mol. The van der Waals surface area contributed by atoms with Crippen molar-refractivity contribution in [2.45, 2.75) is 19.9 Å². The zero-order valence-electron chi connectivity index (χ0n) is 13.6. The number of fused-ring (bicyclic) bond motifs is 1. The van der Waals surface area contributed by atoms with Crippen LogP contribution in [0.15, 0.2) is 47.3 Å². The quantitative estimate of drug-likeness (QED) is 0.167. The number of hydrogen-bond donors (Lipinski definition) is 0. The number of benzene rings is 2. The molecule has 0 aliphatic carbocycles. The van der Waals surface area contributed by atoms with Crippen LogP contribution in [0.25, 0.3) is 15.3 Å². The summed E-state index contributed by atoms with van der Waals surface area (Å²) in [4.78, 5) is 23.5. The van der Waals surface area contributed by atoms with Gasteiger partial charge in [-0.05, 0) is 0 Å². The number of nitrogens with zero attached hydrogens (tertiary/aromatic N) is 3. The van der Waals surface area contributed by atoms with Gasteiger partial charge in [0, 0.05) is 0 Å². The second kappa shape index (κ2) is 6.66. The van der Waals surface area contributed by atoms with E-state index in [-0.39, 0.29) is 17.3 Å². The molecule has 25 heavy (non-hydrogen) atoms. The summed E-state index contributed by atoms with van der Waals surface area (Å²) in [6.07, 6.45) is 1.45. The molecule has 1 aromatic heterocycles. The number of hydroxylamine groups is 1. The van der Waals surface area contributed by atoms with Crippen LogP contribution in [0.4, 0.5) is 5.69 Å². The van der Waals surface area contributed by atoms with Crippen molar-refractivity contribution >= 4 is 36.3 Å². The van der Waals surface area contributed by atoms with E-state index in [1.54, 1.807) is 44.2 Å². The number of aromatic nitrogens is 1. The fourth-order valence-corrected chi connectivity index (χ4v) is 4.75. The van der Waals surface area contributed by atoms with Crippen LogP contribution in [0.3, 0.4) is 0 Å². The standard InChI is InChI=1S/C17H15N3O4Se/c1-11(2)18(22)10-12-6-3-4-8-14(12)19-17(21)13-7-5-9-15(20(23)24)16(13)25-19/h3-11H,1-2H3. The van der Waals surface area contributed by atoms with Gasteiger partial charge in [0.1, 0.15) is 0 Å². The van der Waals surface area contributed by atoms with E-state index in [0.29, 0.717) is 20.9 Å². The van der Waals surface area contributed by atoms with Crippen LogP contribution in [0, 0.1) is 15.3 Å². The Bertz CT molecular complexity index is 1050. The van der Waals surface area contributed by atoms with E-state index in [2.05, 4.69) is 0 Å². The third-order valence-electron chi connectivity index (χ3n) is 3.72. The molecule has 0 saturated carbocycles. The van der Waals surface area contributed by atoms with Gasteiger partial charge >= 0.3 is 149 Å². The van der Waals surface area contributed by atoms with Crippen molar-refractivity contribution in [1.82, 2.24) is 3.56 Å². The van der Waals surface area contributed by atoms with Crippen molar-refractivity contribution < 1.29 is 9.66 Å². The van der Waals surface area contributed by atoms with Gasteiger partial charge in [-0.1, -0.05) is 0 Å². The number of nitro groups is 1. The average Bonchev–Trinajstić information content (AvgIpc) is 2.92. The molecular formula is C17H15N3O4Se. The molecule has 0 unspecified atom stereocenters. The summed E-state index contributed by atoms with van der Waals surface area (Å²) in [5.41, 5.74) is 0.875. The third kappa shape index (κ3) is 3.14. The zero-order chi connectivity index (χ0) is 18.1. The second-order valence-electron chi connectivity index (χ2n) is 5.74. The fraction of sp³-hybridized carbons (Fsp3) is 0.176. The Balaban J connectivity index is 2.27. The topological polar surface area (TPSA) is 91.2 Å². The first-order valence-electron chi connectivity index (χ1n) is 7.59. The van der Waals surface area contributed by atoms with Crippen LogP contribution in [-0.2, 0) is 0 Å². The molecule has 0 spiro atoms. The van der Waals surface area contributed by atoms with Gasteiger partial charge in [-0.15, -0.1) is 0 Å². The number of para-hydroxylation sites is 1. The molecule has 0 saturated heterocycles. The van der Waals surface area contributed by atoms with E-state index in [1.165, 1.54) is 21.9 Å². The number of rotatable bonds is 4. The van der Waals surface area contributed by atoms with E-state index in [4.69, 9.17) is 0 Å². The Morgan fingerprint density at radius 2 is 1.84 bits per heavy atom. The van der Waals surface area contributed by atoms with Gasteiger partial charge in [-0.25, -0.2) is 0 Å². The molecule has 1 heterocycles. The molecule has 2 aromatic carbocycles. The summed E-state index contributed by atoms with van der Waals surface area (Å²) in [6.45, 7) is 3.55. The van der Waals surface area contributed by atoms with Crippen LogP contribution in [0.2, 0.25) is 0 Å². The summed E-state index contributed by atoms with van der Waals surface area (Å²) in [6, 6.07) is 11.4. The summed E-state index contributed by atoms with van der Waals surface area (Å²) < 4.78 is 2.81. The van der Waals surface area contributed by atoms with Crippen LogP contribution in [0.5, 0.6) is 0 Å². The molecule has 128 valence electrons. The fourth-order valence-electron chi connectivity index (χ4n) is 2.40. The molecular weight excluding hydrogens is 389 g/mol. The van der Waals surface area contributed by atoms with E-state index < -0.39 is 19.7 Å². The van der Waals surface area contributed by atoms with Gasteiger partial charge in [-0.2, -0.15) is 0 Å². The molecule has 3 aromatic rings. The molecule has 0 bridgehead atoms. The van der Waals surface area contributed by atoms with Crippen molar-refractivity contribution in [1.29, 1.82) is 0 Å². The first-order valence-corrected chi connectivity index (χ1v) is 9.21.